The standard InChI is InChI=1S/C33H37N5O2/c1-22(23-11-5-4-6-12-23)34-32(39)26-13-7-8-14-27(26)33(40)36-25-19-17-24(18-20-25)35-31-21-30(38(2)3)28-15-9-10-16-29(28)37-31/h4-16,21-22,24-25H,17-20H2,1-3H3,(H,34,39)(H,35,37)(H,36,40)/t22-,24?,25?/m0/s1. The second-order valence-electron chi connectivity index (χ2n) is 10.8. The number of pyridine rings is 1. The number of para-hydroxylation sites is 1. The summed E-state index contributed by atoms with van der Waals surface area (Å²) in [4.78, 5) is 33.3. The molecule has 1 aliphatic rings. The number of amides is 2. The summed E-state index contributed by atoms with van der Waals surface area (Å²) in [5, 5.41) is 11.0. The van der Waals surface area contributed by atoms with Crippen LogP contribution < -0.4 is 20.9 Å². The molecule has 7 nitrogen and oxygen atoms in total. The maximum atomic E-state index is 13.3. The Bertz CT molecular complexity index is 1480. The Labute approximate surface area is 236 Å². The van der Waals surface area contributed by atoms with E-state index in [0.717, 1.165) is 53.7 Å². The molecule has 206 valence electrons. The fourth-order valence-corrected chi connectivity index (χ4v) is 5.43. The van der Waals surface area contributed by atoms with Gasteiger partial charge in [0, 0.05) is 43.3 Å². The van der Waals surface area contributed by atoms with Crippen LogP contribution in [0.3, 0.4) is 0 Å². The van der Waals surface area contributed by atoms with Crippen LogP contribution in [0.1, 0.15) is 64.9 Å². The first-order valence-electron chi connectivity index (χ1n) is 14.0. The van der Waals surface area contributed by atoms with E-state index in [0.29, 0.717) is 11.1 Å². The summed E-state index contributed by atoms with van der Waals surface area (Å²) in [5.74, 6) is 0.413. The SMILES string of the molecule is C[C@H](NC(=O)c1ccccc1C(=O)NC1CCC(Nc2cc(N(C)C)c3ccccc3n2)CC1)c1ccccc1. The van der Waals surface area contributed by atoms with Gasteiger partial charge in [0.2, 0.25) is 0 Å². The molecule has 0 bridgehead atoms. The van der Waals surface area contributed by atoms with Gasteiger partial charge in [0.15, 0.2) is 0 Å². The summed E-state index contributed by atoms with van der Waals surface area (Å²) in [6.45, 7) is 1.94. The maximum Gasteiger partial charge on any atom is 0.252 e. The third-order valence-electron chi connectivity index (χ3n) is 7.65. The Kier molecular flexibility index (Phi) is 8.29. The zero-order valence-electron chi connectivity index (χ0n) is 23.4. The van der Waals surface area contributed by atoms with Gasteiger partial charge < -0.3 is 20.9 Å². The molecule has 4 aromatic rings. The first-order chi connectivity index (χ1) is 19.4. The summed E-state index contributed by atoms with van der Waals surface area (Å²) in [5.41, 5.74) is 3.90. The molecule has 0 spiro atoms. The molecule has 1 heterocycles. The zero-order valence-corrected chi connectivity index (χ0v) is 23.4. The third kappa shape index (κ3) is 6.25. The van der Waals surface area contributed by atoms with Crippen molar-refractivity contribution in [2.45, 2.75) is 50.7 Å². The smallest absolute Gasteiger partial charge is 0.252 e. The minimum atomic E-state index is -0.255. The third-order valence-corrected chi connectivity index (χ3v) is 7.65. The van der Waals surface area contributed by atoms with Crippen molar-refractivity contribution in [1.82, 2.24) is 15.6 Å². The molecule has 1 fully saturated rings. The summed E-state index contributed by atoms with van der Waals surface area (Å²) in [6, 6.07) is 27.3. The quantitative estimate of drug-likeness (QED) is 0.260. The van der Waals surface area contributed by atoms with Crippen LogP contribution in [-0.2, 0) is 0 Å². The monoisotopic (exact) mass is 535 g/mol. The van der Waals surface area contributed by atoms with Crippen molar-refractivity contribution in [2.75, 3.05) is 24.3 Å². The molecule has 1 atom stereocenters. The van der Waals surface area contributed by atoms with E-state index in [9.17, 15) is 9.59 Å². The zero-order chi connectivity index (χ0) is 28.1. The van der Waals surface area contributed by atoms with Crippen molar-refractivity contribution in [3.63, 3.8) is 0 Å². The summed E-state index contributed by atoms with van der Waals surface area (Å²) < 4.78 is 0. The molecule has 3 aromatic carbocycles. The molecular formula is C33H37N5O2. The van der Waals surface area contributed by atoms with Gasteiger partial charge in [0.25, 0.3) is 11.8 Å². The Morgan fingerprint density at radius 2 is 1.40 bits per heavy atom. The highest BCUT2D eigenvalue weighted by molar-refractivity contribution is 6.07. The van der Waals surface area contributed by atoms with Gasteiger partial charge in [0.05, 0.1) is 22.7 Å². The van der Waals surface area contributed by atoms with Gasteiger partial charge in [0.1, 0.15) is 5.82 Å². The van der Waals surface area contributed by atoms with Crippen LogP contribution in [0.4, 0.5) is 11.5 Å². The molecule has 2 amide bonds. The number of benzene rings is 3. The predicted octanol–water partition coefficient (Wildman–Crippen LogP) is 5.94. The largest absolute Gasteiger partial charge is 0.377 e. The van der Waals surface area contributed by atoms with Gasteiger partial charge >= 0.3 is 0 Å². The second kappa shape index (κ2) is 12.2. The average molecular weight is 536 g/mol. The fourth-order valence-electron chi connectivity index (χ4n) is 5.43. The number of hydrogen-bond donors (Lipinski definition) is 3. The van der Waals surface area contributed by atoms with E-state index < -0.39 is 0 Å². The normalized spacial score (nSPS) is 17.6. The molecular weight excluding hydrogens is 498 g/mol. The Morgan fingerprint density at radius 3 is 2.10 bits per heavy atom. The number of anilines is 2. The number of hydrogen-bond acceptors (Lipinski definition) is 5. The lowest BCUT2D eigenvalue weighted by molar-refractivity contribution is 0.0897. The topological polar surface area (TPSA) is 86.4 Å². The highest BCUT2D eigenvalue weighted by Gasteiger charge is 2.25. The number of carbonyl (C=O) groups excluding carboxylic acids is 2. The fraction of sp³-hybridized carbons (Fsp3) is 0.303. The predicted molar refractivity (Wildman–Crippen MR) is 162 cm³/mol. The van der Waals surface area contributed by atoms with Crippen molar-refractivity contribution >= 4 is 34.2 Å². The van der Waals surface area contributed by atoms with Crippen molar-refractivity contribution in [3.05, 3.63) is 102 Å². The minimum Gasteiger partial charge on any atom is -0.377 e. The van der Waals surface area contributed by atoms with Crippen LogP contribution in [0.2, 0.25) is 0 Å². The van der Waals surface area contributed by atoms with E-state index in [1.807, 2.05) is 69.6 Å². The van der Waals surface area contributed by atoms with Crippen LogP contribution in [0.25, 0.3) is 10.9 Å². The van der Waals surface area contributed by atoms with Crippen LogP contribution in [0, 0.1) is 0 Å². The van der Waals surface area contributed by atoms with Crippen molar-refractivity contribution in [2.24, 2.45) is 0 Å². The Morgan fingerprint density at radius 1 is 0.800 bits per heavy atom. The molecule has 1 aliphatic carbocycles. The van der Waals surface area contributed by atoms with E-state index in [2.05, 4.69) is 33.0 Å². The van der Waals surface area contributed by atoms with Crippen LogP contribution in [0.15, 0.2) is 84.9 Å². The molecule has 5 rings (SSSR count). The second-order valence-corrected chi connectivity index (χ2v) is 10.8. The van der Waals surface area contributed by atoms with Crippen molar-refractivity contribution in [1.29, 1.82) is 0 Å². The van der Waals surface area contributed by atoms with E-state index in [-0.39, 0.29) is 29.9 Å². The number of aromatic nitrogens is 1. The molecule has 3 N–H and O–H groups in total. The number of carbonyl (C=O) groups is 2. The van der Waals surface area contributed by atoms with Gasteiger partial charge in [-0.2, -0.15) is 0 Å². The van der Waals surface area contributed by atoms with Gasteiger partial charge in [-0.1, -0.05) is 60.7 Å². The molecule has 0 aliphatic heterocycles. The summed E-state index contributed by atoms with van der Waals surface area (Å²) >= 11 is 0. The van der Waals surface area contributed by atoms with Gasteiger partial charge in [-0.05, 0) is 56.4 Å². The molecule has 0 saturated heterocycles. The number of fused-ring (bicyclic) bond motifs is 1. The van der Waals surface area contributed by atoms with Gasteiger partial charge in [-0.3, -0.25) is 9.59 Å². The molecule has 1 saturated carbocycles. The number of nitrogens with zero attached hydrogens (tertiary/aromatic N) is 2. The first kappa shape index (κ1) is 27.2. The summed E-state index contributed by atoms with van der Waals surface area (Å²) in [7, 11) is 4.09. The van der Waals surface area contributed by atoms with E-state index in [4.69, 9.17) is 4.98 Å². The van der Waals surface area contributed by atoms with E-state index >= 15 is 0 Å². The number of rotatable bonds is 8. The van der Waals surface area contributed by atoms with Crippen LogP contribution >= 0.6 is 0 Å². The average Bonchev–Trinajstić information content (AvgIpc) is 2.98. The molecule has 7 heteroatoms. The molecule has 0 unspecified atom stereocenters. The Balaban J connectivity index is 1.19. The molecule has 1 aromatic heterocycles. The lowest BCUT2D eigenvalue weighted by atomic mass is 9.90. The van der Waals surface area contributed by atoms with E-state index in [1.165, 1.54) is 0 Å². The summed E-state index contributed by atoms with van der Waals surface area (Å²) in [6.07, 6.45) is 3.56. The van der Waals surface area contributed by atoms with Crippen LogP contribution in [-0.4, -0.2) is 43.0 Å². The molecule has 40 heavy (non-hydrogen) atoms. The van der Waals surface area contributed by atoms with E-state index in [1.54, 1.807) is 24.3 Å². The van der Waals surface area contributed by atoms with Crippen molar-refractivity contribution < 1.29 is 9.59 Å². The first-order valence-corrected chi connectivity index (χ1v) is 14.0. The lowest BCUT2D eigenvalue weighted by Gasteiger charge is -2.30. The van der Waals surface area contributed by atoms with Gasteiger partial charge in [-0.15, -0.1) is 0 Å². The highest BCUT2D eigenvalue weighted by Crippen LogP contribution is 2.29. The minimum absolute atomic E-state index is 0.0619. The maximum absolute atomic E-state index is 13.3. The number of nitrogens with one attached hydrogen (secondary N) is 3. The highest BCUT2D eigenvalue weighted by atomic mass is 16.2. The van der Waals surface area contributed by atoms with Crippen LogP contribution in [0.5, 0.6) is 0 Å². The lowest BCUT2D eigenvalue weighted by Crippen LogP contribution is -2.41. The van der Waals surface area contributed by atoms with Crippen molar-refractivity contribution in [3.8, 4) is 0 Å². The Hall–Kier alpha value is -4.39. The molecule has 0 radical (unpaired) electrons. The van der Waals surface area contributed by atoms with Gasteiger partial charge in [-0.25, -0.2) is 4.98 Å².